The fourth-order valence-corrected chi connectivity index (χ4v) is 3.66. The van der Waals surface area contributed by atoms with E-state index in [1.807, 2.05) is 39.5 Å². The first-order valence-electron chi connectivity index (χ1n) is 8.63. The summed E-state index contributed by atoms with van der Waals surface area (Å²) in [6.45, 7) is 9.85. The maximum Gasteiger partial charge on any atom is 0.236 e. The standard InChI is InChI=1S/C18H26FN5OS/c1-11(2)23(12(3)4)17(25)13(5)26-18-22-21-16(24(18)20)10-14-6-8-15(19)9-7-14/h6-9,11-13H,10,20H2,1-5H3/t13-/m0/s1. The number of halogens is 1. The van der Waals surface area contributed by atoms with E-state index < -0.39 is 0 Å². The van der Waals surface area contributed by atoms with E-state index in [-0.39, 0.29) is 29.1 Å². The van der Waals surface area contributed by atoms with E-state index in [1.165, 1.54) is 28.6 Å². The van der Waals surface area contributed by atoms with Gasteiger partial charge in [0.1, 0.15) is 5.82 Å². The maximum absolute atomic E-state index is 13.0. The number of aromatic nitrogens is 3. The number of rotatable bonds is 7. The molecule has 0 aliphatic carbocycles. The lowest BCUT2D eigenvalue weighted by Crippen LogP contribution is -2.45. The highest BCUT2D eigenvalue weighted by Crippen LogP contribution is 2.24. The van der Waals surface area contributed by atoms with E-state index >= 15 is 0 Å². The first-order chi connectivity index (χ1) is 12.2. The largest absolute Gasteiger partial charge is 0.337 e. The van der Waals surface area contributed by atoms with Gasteiger partial charge in [-0.15, -0.1) is 10.2 Å². The third kappa shape index (κ3) is 4.75. The molecule has 0 aliphatic rings. The number of hydrogen-bond acceptors (Lipinski definition) is 5. The van der Waals surface area contributed by atoms with Gasteiger partial charge >= 0.3 is 0 Å². The van der Waals surface area contributed by atoms with Gasteiger partial charge < -0.3 is 10.7 Å². The number of nitrogens with two attached hydrogens (primary N) is 1. The van der Waals surface area contributed by atoms with E-state index in [0.717, 1.165) is 5.56 Å². The Hall–Kier alpha value is -2.09. The van der Waals surface area contributed by atoms with Crippen LogP contribution in [0.25, 0.3) is 0 Å². The Morgan fingerprint density at radius 1 is 1.15 bits per heavy atom. The first-order valence-corrected chi connectivity index (χ1v) is 9.51. The summed E-state index contributed by atoms with van der Waals surface area (Å²) in [5.74, 6) is 6.41. The van der Waals surface area contributed by atoms with Gasteiger partial charge in [0.2, 0.25) is 11.1 Å². The zero-order valence-electron chi connectivity index (χ0n) is 15.8. The van der Waals surface area contributed by atoms with Crippen LogP contribution in [0.5, 0.6) is 0 Å². The molecule has 0 aliphatic heterocycles. The monoisotopic (exact) mass is 379 g/mol. The van der Waals surface area contributed by atoms with Gasteiger partial charge in [0, 0.05) is 18.5 Å². The van der Waals surface area contributed by atoms with Gasteiger partial charge in [0.25, 0.3) is 0 Å². The smallest absolute Gasteiger partial charge is 0.236 e. The Morgan fingerprint density at radius 2 is 1.73 bits per heavy atom. The molecule has 6 nitrogen and oxygen atoms in total. The number of carbonyl (C=O) groups excluding carboxylic acids is 1. The quantitative estimate of drug-likeness (QED) is 0.591. The highest BCUT2D eigenvalue weighted by atomic mass is 32.2. The van der Waals surface area contributed by atoms with Crippen molar-refractivity contribution in [3.8, 4) is 0 Å². The van der Waals surface area contributed by atoms with Crippen molar-refractivity contribution in [2.75, 3.05) is 5.84 Å². The molecule has 0 unspecified atom stereocenters. The van der Waals surface area contributed by atoms with Crippen LogP contribution in [0.2, 0.25) is 0 Å². The highest BCUT2D eigenvalue weighted by Gasteiger charge is 2.27. The molecule has 0 saturated heterocycles. The zero-order chi connectivity index (χ0) is 19.4. The number of carbonyl (C=O) groups is 1. The van der Waals surface area contributed by atoms with Crippen LogP contribution >= 0.6 is 11.8 Å². The number of nitrogens with zero attached hydrogens (tertiary/aromatic N) is 4. The fourth-order valence-electron chi connectivity index (χ4n) is 2.82. The first kappa shape index (κ1) is 20.2. The second kappa shape index (κ2) is 8.53. The Labute approximate surface area is 157 Å². The normalized spacial score (nSPS) is 12.6. The summed E-state index contributed by atoms with van der Waals surface area (Å²) in [6, 6.07) is 6.41. The molecular weight excluding hydrogens is 353 g/mol. The van der Waals surface area contributed by atoms with Crippen molar-refractivity contribution in [1.82, 2.24) is 19.8 Å². The number of hydrogen-bond donors (Lipinski definition) is 1. The molecule has 1 amide bonds. The Kier molecular flexibility index (Phi) is 6.63. The summed E-state index contributed by atoms with van der Waals surface area (Å²) in [6.07, 6.45) is 0.441. The molecule has 26 heavy (non-hydrogen) atoms. The van der Waals surface area contributed by atoms with Crippen molar-refractivity contribution in [2.45, 2.75) is 63.5 Å². The molecule has 1 aromatic heterocycles. The predicted molar refractivity (Wildman–Crippen MR) is 102 cm³/mol. The van der Waals surface area contributed by atoms with Crippen LogP contribution in [0, 0.1) is 5.82 Å². The van der Waals surface area contributed by atoms with Gasteiger partial charge in [-0.1, -0.05) is 23.9 Å². The number of benzene rings is 1. The zero-order valence-corrected chi connectivity index (χ0v) is 16.6. The molecule has 8 heteroatoms. The van der Waals surface area contributed by atoms with Crippen molar-refractivity contribution in [2.24, 2.45) is 0 Å². The molecule has 142 valence electrons. The van der Waals surface area contributed by atoms with E-state index in [0.29, 0.717) is 17.4 Å². The molecule has 0 fully saturated rings. The molecule has 2 N–H and O–H groups in total. The lowest BCUT2D eigenvalue weighted by atomic mass is 10.1. The number of amides is 1. The summed E-state index contributed by atoms with van der Waals surface area (Å²) in [5.41, 5.74) is 0.886. The Bertz CT molecular complexity index is 737. The van der Waals surface area contributed by atoms with Crippen molar-refractivity contribution >= 4 is 17.7 Å². The molecule has 0 saturated carbocycles. The average molecular weight is 380 g/mol. The van der Waals surface area contributed by atoms with Crippen molar-refractivity contribution in [1.29, 1.82) is 0 Å². The second-order valence-corrected chi connectivity index (χ2v) is 8.07. The van der Waals surface area contributed by atoms with Crippen LogP contribution in [0.15, 0.2) is 29.4 Å². The van der Waals surface area contributed by atoms with Gasteiger partial charge in [-0.3, -0.25) is 4.79 Å². The van der Waals surface area contributed by atoms with Gasteiger partial charge in [-0.25, -0.2) is 9.07 Å². The average Bonchev–Trinajstić information content (AvgIpc) is 2.89. The van der Waals surface area contributed by atoms with Crippen molar-refractivity contribution in [3.05, 3.63) is 41.5 Å². The van der Waals surface area contributed by atoms with Crippen LogP contribution in [0.3, 0.4) is 0 Å². The predicted octanol–water partition coefficient (Wildman–Crippen LogP) is 2.85. The summed E-state index contributed by atoms with van der Waals surface area (Å²) in [5, 5.41) is 8.37. The second-order valence-electron chi connectivity index (χ2n) is 6.77. The molecule has 0 spiro atoms. The molecule has 2 aromatic rings. The third-order valence-electron chi connectivity index (χ3n) is 4.01. The lowest BCUT2D eigenvalue weighted by molar-refractivity contribution is -0.133. The summed E-state index contributed by atoms with van der Waals surface area (Å²) < 4.78 is 14.4. The van der Waals surface area contributed by atoms with E-state index in [2.05, 4.69) is 10.2 Å². The molecular formula is C18H26FN5OS. The summed E-state index contributed by atoms with van der Waals surface area (Å²) >= 11 is 1.29. The SMILES string of the molecule is CC(C)N(C(=O)[C@H](C)Sc1nnc(Cc2ccc(F)cc2)n1N)C(C)C. The van der Waals surface area contributed by atoms with E-state index in [4.69, 9.17) is 5.84 Å². The van der Waals surface area contributed by atoms with Crippen LogP contribution in [-0.2, 0) is 11.2 Å². The molecule has 2 rings (SSSR count). The van der Waals surface area contributed by atoms with Crippen LogP contribution in [0.1, 0.15) is 46.0 Å². The van der Waals surface area contributed by atoms with Crippen molar-refractivity contribution < 1.29 is 9.18 Å². The summed E-state index contributed by atoms with van der Waals surface area (Å²) in [4.78, 5) is 14.6. The molecule has 1 atom stereocenters. The minimum absolute atomic E-state index is 0.0445. The molecule has 0 bridgehead atoms. The van der Waals surface area contributed by atoms with Crippen LogP contribution < -0.4 is 5.84 Å². The van der Waals surface area contributed by atoms with Gasteiger partial charge in [-0.2, -0.15) is 0 Å². The van der Waals surface area contributed by atoms with Gasteiger partial charge in [0.15, 0.2) is 5.82 Å². The minimum Gasteiger partial charge on any atom is -0.337 e. The molecule has 0 radical (unpaired) electrons. The fraction of sp³-hybridized carbons (Fsp3) is 0.500. The maximum atomic E-state index is 13.0. The third-order valence-corrected chi connectivity index (χ3v) is 5.05. The Morgan fingerprint density at radius 3 is 2.27 bits per heavy atom. The highest BCUT2D eigenvalue weighted by molar-refractivity contribution is 8.00. The van der Waals surface area contributed by atoms with Crippen molar-refractivity contribution in [3.63, 3.8) is 0 Å². The lowest BCUT2D eigenvalue weighted by Gasteiger charge is -2.32. The van der Waals surface area contributed by atoms with E-state index in [9.17, 15) is 9.18 Å². The number of nitrogen functional groups attached to an aromatic ring is 1. The topological polar surface area (TPSA) is 77.0 Å². The summed E-state index contributed by atoms with van der Waals surface area (Å²) in [7, 11) is 0. The van der Waals surface area contributed by atoms with Gasteiger partial charge in [0.05, 0.1) is 5.25 Å². The number of thioether (sulfide) groups is 1. The molecule has 1 heterocycles. The Balaban J connectivity index is 2.09. The van der Waals surface area contributed by atoms with Crippen LogP contribution in [0.4, 0.5) is 4.39 Å². The van der Waals surface area contributed by atoms with Crippen LogP contribution in [-0.4, -0.2) is 43.0 Å². The minimum atomic E-state index is -0.329. The molecule has 1 aromatic carbocycles. The van der Waals surface area contributed by atoms with Gasteiger partial charge in [-0.05, 0) is 52.3 Å². The van der Waals surface area contributed by atoms with E-state index in [1.54, 1.807) is 12.1 Å².